The summed E-state index contributed by atoms with van der Waals surface area (Å²) in [4.78, 5) is 2.96. The number of nitrogens with zero attached hydrogens (tertiary/aromatic N) is 2. The number of benzene rings is 1. The van der Waals surface area contributed by atoms with Gasteiger partial charge in [0.25, 0.3) is 0 Å². The molecule has 1 heterocycles. The number of aryl methyl sites for hydroxylation is 1. The first-order valence-electron chi connectivity index (χ1n) is 6.06. The van der Waals surface area contributed by atoms with E-state index >= 15 is 0 Å². The minimum atomic E-state index is 0.299. The Morgan fingerprint density at radius 1 is 1.33 bits per heavy atom. The van der Waals surface area contributed by atoms with Crippen LogP contribution in [-0.2, 0) is 12.8 Å². The molecule has 0 radical (unpaired) electrons. The largest absolute Gasteiger partial charge is 0.336 e. The number of H-pyrrole nitrogens is 1. The topological polar surface area (TPSA) is 44.5 Å². The van der Waals surface area contributed by atoms with Crippen molar-refractivity contribution in [2.75, 3.05) is 0 Å². The molecule has 0 fully saturated rings. The van der Waals surface area contributed by atoms with E-state index in [4.69, 9.17) is 17.5 Å². The van der Waals surface area contributed by atoms with Crippen molar-refractivity contribution >= 4 is 12.2 Å². The Morgan fingerprint density at radius 2 is 2.11 bits per heavy atom. The second kappa shape index (κ2) is 4.43. The number of imidazole rings is 1. The van der Waals surface area contributed by atoms with Crippen LogP contribution in [0, 0.1) is 16.1 Å². The summed E-state index contributed by atoms with van der Waals surface area (Å²) >= 11 is 5.27. The van der Waals surface area contributed by atoms with Gasteiger partial charge < -0.3 is 9.55 Å². The van der Waals surface area contributed by atoms with Crippen LogP contribution in [0.2, 0.25) is 0 Å². The third-order valence-corrected chi connectivity index (χ3v) is 3.93. The maximum Gasteiger partial charge on any atom is 0.178 e. The monoisotopic (exact) mass is 255 g/mol. The van der Waals surface area contributed by atoms with E-state index in [-0.39, 0.29) is 0 Å². The lowest BCUT2D eigenvalue weighted by Crippen LogP contribution is -2.19. The number of nitriles is 1. The Kier molecular flexibility index (Phi) is 2.77. The number of fused-ring (bicyclic) bond motifs is 1. The third kappa shape index (κ3) is 1.77. The van der Waals surface area contributed by atoms with Crippen LogP contribution in [0.5, 0.6) is 0 Å². The Hall–Kier alpha value is -1.86. The van der Waals surface area contributed by atoms with Gasteiger partial charge in [0.15, 0.2) is 4.77 Å². The Bertz CT molecular complexity index is 675. The van der Waals surface area contributed by atoms with Crippen molar-refractivity contribution in [1.29, 1.82) is 5.26 Å². The summed E-state index contributed by atoms with van der Waals surface area (Å²) in [7, 11) is 0. The Labute approximate surface area is 111 Å². The Morgan fingerprint density at radius 3 is 2.89 bits per heavy atom. The molecule has 0 amide bonds. The summed E-state index contributed by atoms with van der Waals surface area (Å²) in [5.41, 5.74) is 3.43. The molecule has 1 N–H and O–H groups in total. The standard InChI is InChI=1S/C14H13N3S/c15-8-13-9-16-14(18)17(13)12-6-5-10-3-1-2-4-11(10)7-12/h1-4,9,12H,5-7H2,(H,16,18)/t12-/m0/s1. The number of aromatic amines is 1. The van der Waals surface area contributed by atoms with Crippen molar-refractivity contribution in [3.8, 4) is 6.07 Å². The first kappa shape index (κ1) is 11.2. The van der Waals surface area contributed by atoms with Gasteiger partial charge in [-0.05, 0) is 42.6 Å². The first-order valence-corrected chi connectivity index (χ1v) is 6.47. The number of hydrogen-bond acceptors (Lipinski definition) is 2. The number of aromatic nitrogens is 2. The molecular weight excluding hydrogens is 242 g/mol. The highest BCUT2D eigenvalue weighted by molar-refractivity contribution is 7.71. The van der Waals surface area contributed by atoms with Gasteiger partial charge in [0.1, 0.15) is 11.8 Å². The van der Waals surface area contributed by atoms with Gasteiger partial charge in [-0.2, -0.15) is 5.26 Å². The molecular formula is C14H13N3S. The van der Waals surface area contributed by atoms with E-state index < -0.39 is 0 Å². The number of hydrogen-bond donors (Lipinski definition) is 1. The molecule has 4 heteroatoms. The SMILES string of the molecule is N#Cc1c[nH]c(=S)n1[C@H]1CCc2ccccc2C1. The molecule has 0 aliphatic heterocycles. The van der Waals surface area contributed by atoms with E-state index in [1.54, 1.807) is 6.20 Å². The highest BCUT2D eigenvalue weighted by Crippen LogP contribution is 2.29. The highest BCUT2D eigenvalue weighted by Gasteiger charge is 2.22. The van der Waals surface area contributed by atoms with Gasteiger partial charge in [0, 0.05) is 12.2 Å². The van der Waals surface area contributed by atoms with Crippen molar-refractivity contribution in [3.63, 3.8) is 0 Å². The molecule has 0 saturated heterocycles. The summed E-state index contributed by atoms with van der Waals surface area (Å²) in [6.07, 6.45) is 4.75. The van der Waals surface area contributed by atoms with E-state index in [2.05, 4.69) is 35.3 Å². The zero-order valence-corrected chi connectivity index (χ0v) is 10.7. The smallest absolute Gasteiger partial charge is 0.178 e. The molecule has 90 valence electrons. The van der Waals surface area contributed by atoms with Crippen molar-refractivity contribution in [2.24, 2.45) is 0 Å². The van der Waals surface area contributed by atoms with Crippen LogP contribution in [0.4, 0.5) is 0 Å². The highest BCUT2D eigenvalue weighted by atomic mass is 32.1. The molecule has 0 bridgehead atoms. The Balaban J connectivity index is 2.00. The fourth-order valence-corrected chi connectivity index (χ4v) is 3.03. The van der Waals surface area contributed by atoms with Gasteiger partial charge in [0.05, 0.1) is 0 Å². The third-order valence-electron chi connectivity index (χ3n) is 3.61. The fraction of sp³-hybridized carbons (Fsp3) is 0.286. The molecule has 1 aromatic heterocycles. The summed E-state index contributed by atoms with van der Waals surface area (Å²) in [6.45, 7) is 0. The number of rotatable bonds is 1. The van der Waals surface area contributed by atoms with Gasteiger partial charge in [0.2, 0.25) is 0 Å². The van der Waals surface area contributed by atoms with Crippen molar-refractivity contribution < 1.29 is 0 Å². The molecule has 0 saturated carbocycles. The molecule has 18 heavy (non-hydrogen) atoms. The van der Waals surface area contributed by atoms with Gasteiger partial charge >= 0.3 is 0 Å². The molecule has 1 aliphatic carbocycles. The molecule has 3 nitrogen and oxygen atoms in total. The fourth-order valence-electron chi connectivity index (χ4n) is 2.73. The van der Waals surface area contributed by atoms with Crippen molar-refractivity contribution in [2.45, 2.75) is 25.3 Å². The zero-order valence-electron chi connectivity index (χ0n) is 9.89. The maximum atomic E-state index is 9.12. The summed E-state index contributed by atoms with van der Waals surface area (Å²) in [6, 6.07) is 11.0. The van der Waals surface area contributed by atoms with Crippen LogP contribution >= 0.6 is 12.2 Å². The molecule has 1 aromatic carbocycles. The van der Waals surface area contributed by atoms with Crippen molar-refractivity contribution in [1.82, 2.24) is 9.55 Å². The summed E-state index contributed by atoms with van der Waals surface area (Å²) in [5.74, 6) is 0. The van der Waals surface area contributed by atoms with Crippen LogP contribution in [-0.4, -0.2) is 9.55 Å². The van der Waals surface area contributed by atoms with Gasteiger partial charge in [-0.1, -0.05) is 24.3 Å². The average Bonchev–Trinajstić information content (AvgIpc) is 2.79. The molecule has 1 atom stereocenters. The van der Waals surface area contributed by atoms with E-state index in [0.717, 1.165) is 19.3 Å². The van der Waals surface area contributed by atoms with Gasteiger partial charge in [-0.25, -0.2) is 0 Å². The predicted molar refractivity (Wildman–Crippen MR) is 71.8 cm³/mol. The van der Waals surface area contributed by atoms with Crippen LogP contribution in [0.1, 0.15) is 29.3 Å². The minimum Gasteiger partial charge on any atom is -0.336 e. The molecule has 1 aliphatic rings. The first-order chi connectivity index (χ1) is 8.79. The van der Waals surface area contributed by atoms with Crippen LogP contribution in [0.15, 0.2) is 30.5 Å². The second-order valence-electron chi connectivity index (χ2n) is 4.63. The lowest BCUT2D eigenvalue weighted by molar-refractivity contribution is 0.435. The van der Waals surface area contributed by atoms with E-state index in [1.165, 1.54) is 11.1 Å². The van der Waals surface area contributed by atoms with E-state index in [1.807, 2.05) is 4.57 Å². The van der Waals surface area contributed by atoms with Crippen LogP contribution in [0.25, 0.3) is 0 Å². The lowest BCUT2D eigenvalue weighted by Gasteiger charge is -2.26. The van der Waals surface area contributed by atoms with Crippen molar-refractivity contribution in [3.05, 3.63) is 52.1 Å². The maximum absolute atomic E-state index is 9.12. The molecule has 3 rings (SSSR count). The second-order valence-corrected chi connectivity index (χ2v) is 5.01. The van der Waals surface area contributed by atoms with Gasteiger partial charge in [-0.15, -0.1) is 0 Å². The normalized spacial score (nSPS) is 18.1. The van der Waals surface area contributed by atoms with Crippen LogP contribution < -0.4 is 0 Å². The summed E-state index contributed by atoms with van der Waals surface area (Å²) in [5, 5.41) is 9.12. The average molecular weight is 255 g/mol. The van der Waals surface area contributed by atoms with Crippen LogP contribution in [0.3, 0.4) is 0 Å². The molecule has 0 unspecified atom stereocenters. The lowest BCUT2D eigenvalue weighted by atomic mass is 9.88. The minimum absolute atomic E-state index is 0.299. The van der Waals surface area contributed by atoms with E-state index in [9.17, 15) is 0 Å². The zero-order chi connectivity index (χ0) is 12.5. The quantitative estimate of drug-likeness (QED) is 0.796. The number of nitrogens with one attached hydrogen (secondary N) is 1. The molecule has 0 spiro atoms. The summed E-state index contributed by atoms with van der Waals surface area (Å²) < 4.78 is 2.61. The molecule has 2 aromatic rings. The van der Waals surface area contributed by atoms with Gasteiger partial charge in [-0.3, -0.25) is 0 Å². The predicted octanol–water partition coefficient (Wildman–Crippen LogP) is 3.15. The van der Waals surface area contributed by atoms with E-state index in [0.29, 0.717) is 16.5 Å².